The fraction of sp³-hybridized carbons (Fsp3) is 0.200. The number of imide groups is 1. The Kier molecular flexibility index (Phi) is 3.58. The van der Waals surface area contributed by atoms with Gasteiger partial charge in [-0.05, 0) is 41.3 Å². The van der Waals surface area contributed by atoms with Crippen molar-refractivity contribution >= 4 is 39.3 Å². The highest BCUT2D eigenvalue weighted by Crippen LogP contribution is 2.32. The topological polar surface area (TPSA) is 79.4 Å². The van der Waals surface area contributed by atoms with Crippen LogP contribution in [0.2, 0.25) is 0 Å². The van der Waals surface area contributed by atoms with Gasteiger partial charge in [0.25, 0.3) is 5.91 Å². The summed E-state index contributed by atoms with van der Waals surface area (Å²) in [5, 5.41) is 2.33. The quantitative estimate of drug-likeness (QED) is 0.697. The Bertz CT molecular complexity index is 1120. The second-order valence-electron chi connectivity index (χ2n) is 6.81. The number of hydrogen-bond donors (Lipinski definition) is 1. The number of thiazole rings is 1. The fourth-order valence-corrected chi connectivity index (χ4v) is 4.49. The van der Waals surface area contributed by atoms with Gasteiger partial charge in [0.15, 0.2) is 0 Å². The molecule has 5 rings (SSSR count). The highest BCUT2D eigenvalue weighted by Gasteiger charge is 2.39. The maximum Gasteiger partial charge on any atom is 0.255 e. The first-order valence-corrected chi connectivity index (χ1v) is 9.59. The third-order valence-corrected chi connectivity index (χ3v) is 5.98. The van der Waals surface area contributed by atoms with Gasteiger partial charge in [-0.2, -0.15) is 0 Å². The lowest BCUT2D eigenvalue weighted by molar-refractivity contribution is -0.136. The summed E-state index contributed by atoms with van der Waals surface area (Å²) >= 11 is 1.58. The summed E-state index contributed by atoms with van der Waals surface area (Å²) < 4.78 is 1.10. The number of aromatic nitrogens is 1. The van der Waals surface area contributed by atoms with Gasteiger partial charge in [0.2, 0.25) is 11.8 Å². The van der Waals surface area contributed by atoms with E-state index in [0.717, 1.165) is 26.9 Å². The van der Waals surface area contributed by atoms with Crippen LogP contribution >= 0.6 is 11.3 Å². The van der Waals surface area contributed by atoms with Crippen molar-refractivity contribution in [3.63, 3.8) is 0 Å². The van der Waals surface area contributed by atoms with Crippen molar-refractivity contribution in [2.45, 2.75) is 25.4 Å². The molecular formula is C20H15N3O3S. The Morgan fingerprint density at radius 1 is 1.07 bits per heavy atom. The molecule has 3 heterocycles. The van der Waals surface area contributed by atoms with Gasteiger partial charge in [-0.15, -0.1) is 11.3 Å². The first-order chi connectivity index (χ1) is 13.1. The number of fused-ring (bicyclic) bond motifs is 2. The van der Waals surface area contributed by atoms with E-state index in [1.807, 2.05) is 35.8 Å². The zero-order chi connectivity index (χ0) is 18.5. The van der Waals surface area contributed by atoms with E-state index in [4.69, 9.17) is 0 Å². The molecule has 134 valence electrons. The molecular weight excluding hydrogens is 362 g/mol. The number of benzene rings is 2. The van der Waals surface area contributed by atoms with Crippen LogP contribution in [0.4, 0.5) is 0 Å². The Morgan fingerprint density at radius 3 is 2.74 bits per heavy atom. The van der Waals surface area contributed by atoms with Crippen molar-refractivity contribution < 1.29 is 14.4 Å². The van der Waals surface area contributed by atoms with E-state index in [1.54, 1.807) is 16.2 Å². The summed E-state index contributed by atoms with van der Waals surface area (Å²) in [6.45, 7) is 0.397. The SMILES string of the molecule is O=C1CCC(N2Cc3ccc(-c4ccc5ncsc5c4)cc3C2=O)C(=O)N1. The van der Waals surface area contributed by atoms with Gasteiger partial charge in [0.05, 0.1) is 15.7 Å². The fourth-order valence-electron chi connectivity index (χ4n) is 3.77. The molecule has 6 nitrogen and oxygen atoms in total. The van der Waals surface area contributed by atoms with Crippen molar-refractivity contribution in [2.24, 2.45) is 0 Å². The average molecular weight is 377 g/mol. The molecule has 1 aromatic heterocycles. The van der Waals surface area contributed by atoms with Crippen LogP contribution in [0.1, 0.15) is 28.8 Å². The number of carbonyl (C=O) groups is 3. The van der Waals surface area contributed by atoms with Crippen LogP contribution in [0.5, 0.6) is 0 Å². The van der Waals surface area contributed by atoms with Crippen molar-refractivity contribution in [1.82, 2.24) is 15.2 Å². The van der Waals surface area contributed by atoms with Crippen LogP contribution < -0.4 is 5.32 Å². The molecule has 0 saturated carbocycles. The standard InChI is InChI=1S/C20H15N3O3S/c24-18-6-5-16(19(25)22-18)23-9-13-2-1-11(7-14(13)20(23)26)12-3-4-15-17(8-12)27-10-21-15/h1-4,7-8,10,16H,5-6,9H2,(H,22,24,25). The van der Waals surface area contributed by atoms with Gasteiger partial charge >= 0.3 is 0 Å². The van der Waals surface area contributed by atoms with E-state index in [-0.39, 0.29) is 24.1 Å². The first kappa shape index (κ1) is 16.1. The van der Waals surface area contributed by atoms with Gasteiger partial charge in [0.1, 0.15) is 6.04 Å². The van der Waals surface area contributed by atoms with E-state index < -0.39 is 6.04 Å². The Balaban J connectivity index is 1.47. The maximum absolute atomic E-state index is 12.9. The molecule has 3 aromatic rings. The summed E-state index contributed by atoms with van der Waals surface area (Å²) in [4.78, 5) is 42.3. The van der Waals surface area contributed by atoms with Gasteiger partial charge in [0, 0.05) is 18.5 Å². The number of piperidine rings is 1. The molecule has 2 aromatic carbocycles. The molecule has 1 unspecified atom stereocenters. The smallest absolute Gasteiger partial charge is 0.255 e. The van der Waals surface area contributed by atoms with Crippen LogP contribution in [0.15, 0.2) is 41.9 Å². The van der Waals surface area contributed by atoms with E-state index >= 15 is 0 Å². The predicted octanol–water partition coefficient (Wildman–Crippen LogP) is 2.72. The van der Waals surface area contributed by atoms with Crippen molar-refractivity contribution in [3.05, 3.63) is 53.0 Å². The number of rotatable bonds is 2. The van der Waals surface area contributed by atoms with Gasteiger partial charge < -0.3 is 4.90 Å². The third kappa shape index (κ3) is 2.62. The average Bonchev–Trinajstić information content (AvgIpc) is 3.26. The molecule has 7 heteroatoms. The van der Waals surface area contributed by atoms with Gasteiger partial charge in [-0.1, -0.05) is 18.2 Å². The van der Waals surface area contributed by atoms with Crippen molar-refractivity contribution in [3.8, 4) is 11.1 Å². The summed E-state index contributed by atoms with van der Waals surface area (Å²) in [5.74, 6) is -0.815. The van der Waals surface area contributed by atoms with Crippen LogP contribution in [-0.2, 0) is 16.1 Å². The first-order valence-electron chi connectivity index (χ1n) is 8.71. The van der Waals surface area contributed by atoms with Crippen LogP contribution in [0.25, 0.3) is 21.3 Å². The molecule has 1 fully saturated rings. The lowest BCUT2D eigenvalue weighted by Crippen LogP contribution is -2.52. The number of amides is 3. The molecule has 1 atom stereocenters. The maximum atomic E-state index is 12.9. The minimum atomic E-state index is -0.584. The number of carbonyl (C=O) groups excluding carboxylic acids is 3. The van der Waals surface area contributed by atoms with E-state index in [9.17, 15) is 14.4 Å². The summed E-state index contributed by atoms with van der Waals surface area (Å²) in [6.07, 6.45) is 0.635. The van der Waals surface area contributed by atoms with Gasteiger partial charge in [-0.3, -0.25) is 19.7 Å². The second-order valence-corrected chi connectivity index (χ2v) is 7.69. The molecule has 1 N–H and O–H groups in total. The van der Waals surface area contributed by atoms with E-state index in [0.29, 0.717) is 18.5 Å². The van der Waals surface area contributed by atoms with Crippen LogP contribution in [0, 0.1) is 0 Å². The molecule has 2 aliphatic rings. The largest absolute Gasteiger partial charge is 0.322 e. The lowest BCUT2D eigenvalue weighted by atomic mass is 10.0. The lowest BCUT2D eigenvalue weighted by Gasteiger charge is -2.29. The molecule has 1 saturated heterocycles. The monoisotopic (exact) mass is 377 g/mol. The summed E-state index contributed by atoms with van der Waals surface area (Å²) in [7, 11) is 0. The Hall–Kier alpha value is -3.06. The van der Waals surface area contributed by atoms with E-state index in [1.165, 1.54) is 0 Å². The van der Waals surface area contributed by atoms with Crippen LogP contribution in [-0.4, -0.2) is 33.6 Å². The number of hydrogen-bond acceptors (Lipinski definition) is 5. The minimum absolute atomic E-state index is 0.153. The van der Waals surface area contributed by atoms with E-state index in [2.05, 4.69) is 16.4 Å². The highest BCUT2D eigenvalue weighted by atomic mass is 32.1. The van der Waals surface area contributed by atoms with Crippen molar-refractivity contribution in [1.29, 1.82) is 0 Å². The molecule has 0 spiro atoms. The second kappa shape index (κ2) is 5.99. The molecule has 2 aliphatic heterocycles. The van der Waals surface area contributed by atoms with Crippen LogP contribution in [0.3, 0.4) is 0 Å². The zero-order valence-corrected chi connectivity index (χ0v) is 15.1. The molecule has 0 radical (unpaired) electrons. The molecule has 3 amide bonds. The molecule has 0 aliphatic carbocycles. The molecule has 27 heavy (non-hydrogen) atoms. The molecule has 0 bridgehead atoms. The predicted molar refractivity (Wildman–Crippen MR) is 101 cm³/mol. The zero-order valence-electron chi connectivity index (χ0n) is 14.3. The summed E-state index contributed by atoms with van der Waals surface area (Å²) in [5.41, 5.74) is 6.31. The van der Waals surface area contributed by atoms with Gasteiger partial charge in [-0.25, -0.2) is 4.98 Å². The van der Waals surface area contributed by atoms with Crippen molar-refractivity contribution in [2.75, 3.05) is 0 Å². The minimum Gasteiger partial charge on any atom is -0.322 e. The number of nitrogens with zero attached hydrogens (tertiary/aromatic N) is 2. The third-order valence-electron chi connectivity index (χ3n) is 5.19. The normalized spacial score (nSPS) is 19.5. The summed E-state index contributed by atoms with van der Waals surface area (Å²) in [6, 6.07) is 11.3. The highest BCUT2D eigenvalue weighted by molar-refractivity contribution is 7.16. The Labute approximate surface area is 158 Å². The Morgan fingerprint density at radius 2 is 1.89 bits per heavy atom. The number of nitrogens with one attached hydrogen (secondary N) is 1.